The largest absolute Gasteiger partial charge is 0.478 e. The predicted molar refractivity (Wildman–Crippen MR) is 70.3 cm³/mol. The molecule has 2 amide bonds. The zero-order valence-corrected chi connectivity index (χ0v) is 10.8. The number of rotatable bonds is 5. The third-order valence-electron chi connectivity index (χ3n) is 2.29. The first-order valence-electron chi connectivity index (χ1n) is 5.63. The zero-order valence-electron chi connectivity index (χ0n) is 10.00. The van der Waals surface area contributed by atoms with Crippen molar-refractivity contribution in [3.63, 3.8) is 0 Å². The van der Waals surface area contributed by atoms with Crippen molar-refractivity contribution in [1.29, 1.82) is 0 Å². The molecule has 0 radical (unpaired) electrons. The van der Waals surface area contributed by atoms with Crippen LogP contribution in [0, 0.1) is 0 Å². The van der Waals surface area contributed by atoms with Gasteiger partial charge in [-0.2, -0.15) is 0 Å². The van der Waals surface area contributed by atoms with Gasteiger partial charge < -0.3 is 15.7 Å². The van der Waals surface area contributed by atoms with Crippen LogP contribution in [0.5, 0.6) is 0 Å². The molecule has 0 unspecified atom stereocenters. The maximum absolute atomic E-state index is 11.5. The molecule has 0 saturated carbocycles. The Morgan fingerprint density at radius 3 is 2.72 bits per heavy atom. The SMILES string of the molecule is CCCCNC(=O)Nc1cccc(Cl)c1C(=O)O. The third-order valence-corrected chi connectivity index (χ3v) is 2.61. The van der Waals surface area contributed by atoms with Gasteiger partial charge in [0.15, 0.2) is 0 Å². The molecule has 3 N–H and O–H groups in total. The lowest BCUT2D eigenvalue weighted by Crippen LogP contribution is -2.30. The Bertz CT molecular complexity index is 449. The fraction of sp³-hybridized carbons (Fsp3) is 0.333. The quantitative estimate of drug-likeness (QED) is 0.720. The number of amides is 2. The number of aromatic carboxylic acids is 1. The Balaban J connectivity index is 2.75. The Kier molecular flexibility index (Phi) is 5.45. The molecule has 0 atom stereocenters. The van der Waals surface area contributed by atoms with Crippen LogP contribution in [0.25, 0.3) is 0 Å². The van der Waals surface area contributed by atoms with Gasteiger partial charge >= 0.3 is 12.0 Å². The van der Waals surface area contributed by atoms with Crippen LogP contribution in [0.2, 0.25) is 5.02 Å². The fourth-order valence-electron chi connectivity index (χ4n) is 1.39. The normalized spacial score (nSPS) is 9.89. The molecule has 5 nitrogen and oxygen atoms in total. The number of urea groups is 1. The van der Waals surface area contributed by atoms with Crippen molar-refractivity contribution in [2.24, 2.45) is 0 Å². The third kappa shape index (κ3) is 3.92. The standard InChI is InChI=1S/C12H15ClN2O3/c1-2-3-7-14-12(18)15-9-6-4-5-8(13)10(9)11(16)17/h4-6H,2-3,7H2,1H3,(H,16,17)(H2,14,15,18). The molecule has 18 heavy (non-hydrogen) atoms. The van der Waals surface area contributed by atoms with Crippen LogP contribution >= 0.6 is 11.6 Å². The molecule has 0 aromatic heterocycles. The van der Waals surface area contributed by atoms with Gasteiger partial charge in [-0.1, -0.05) is 31.0 Å². The van der Waals surface area contributed by atoms with Gasteiger partial charge in [0.25, 0.3) is 0 Å². The highest BCUT2D eigenvalue weighted by molar-refractivity contribution is 6.34. The number of halogens is 1. The summed E-state index contributed by atoms with van der Waals surface area (Å²) in [4.78, 5) is 22.5. The summed E-state index contributed by atoms with van der Waals surface area (Å²) >= 11 is 5.78. The molecular formula is C12H15ClN2O3. The summed E-state index contributed by atoms with van der Waals surface area (Å²) in [6, 6.07) is 4.10. The summed E-state index contributed by atoms with van der Waals surface area (Å²) in [6.45, 7) is 2.56. The van der Waals surface area contributed by atoms with Gasteiger partial charge in [0.05, 0.1) is 10.7 Å². The van der Waals surface area contributed by atoms with Crippen LogP contribution in [-0.4, -0.2) is 23.7 Å². The lowest BCUT2D eigenvalue weighted by atomic mass is 10.2. The number of hydrogen-bond donors (Lipinski definition) is 3. The molecule has 0 heterocycles. The van der Waals surface area contributed by atoms with Gasteiger partial charge in [0.1, 0.15) is 5.56 Å². The van der Waals surface area contributed by atoms with Crippen molar-refractivity contribution >= 4 is 29.3 Å². The van der Waals surface area contributed by atoms with E-state index in [4.69, 9.17) is 16.7 Å². The van der Waals surface area contributed by atoms with Crippen LogP contribution in [0.4, 0.5) is 10.5 Å². The topological polar surface area (TPSA) is 78.4 Å². The van der Waals surface area contributed by atoms with Gasteiger partial charge in [-0.3, -0.25) is 0 Å². The Morgan fingerprint density at radius 1 is 1.39 bits per heavy atom. The van der Waals surface area contributed by atoms with Crippen molar-refractivity contribution in [1.82, 2.24) is 5.32 Å². The van der Waals surface area contributed by atoms with Crippen LogP contribution in [0.1, 0.15) is 30.1 Å². The van der Waals surface area contributed by atoms with E-state index in [1.165, 1.54) is 12.1 Å². The van der Waals surface area contributed by atoms with Crippen molar-refractivity contribution in [3.05, 3.63) is 28.8 Å². The van der Waals surface area contributed by atoms with E-state index in [1.54, 1.807) is 6.07 Å². The van der Waals surface area contributed by atoms with Crippen LogP contribution in [0.15, 0.2) is 18.2 Å². The van der Waals surface area contributed by atoms with Crippen molar-refractivity contribution in [2.75, 3.05) is 11.9 Å². The number of anilines is 1. The van der Waals surface area contributed by atoms with Gasteiger partial charge in [-0.15, -0.1) is 0 Å². The zero-order chi connectivity index (χ0) is 13.5. The number of hydrogen-bond acceptors (Lipinski definition) is 2. The average molecular weight is 271 g/mol. The number of carbonyl (C=O) groups is 2. The van der Waals surface area contributed by atoms with Crippen LogP contribution in [-0.2, 0) is 0 Å². The van der Waals surface area contributed by atoms with E-state index >= 15 is 0 Å². The van der Waals surface area contributed by atoms with Crippen LogP contribution in [0.3, 0.4) is 0 Å². The van der Waals surface area contributed by atoms with E-state index in [1.807, 2.05) is 6.92 Å². The summed E-state index contributed by atoms with van der Waals surface area (Å²) in [5.41, 5.74) is 0.0776. The minimum atomic E-state index is -1.18. The molecular weight excluding hydrogens is 256 g/mol. The maximum atomic E-state index is 11.5. The molecule has 0 aliphatic rings. The first-order valence-corrected chi connectivity index (χ1v) is 6.00. The summed E-state index contributed by atoms with van der Waals surface area (Å²) < 4.78 is 0. The molecule has 0 aliphatic heterocycles. The van der Waals surface area contributed by atoms with E-state index in [0.717, 1.165) is 12.8 Å². The molecule has 0 fully saturated rings. The number of carboxylic acids is 1. The molecule has 6 heteroatoms. The van der Waals surface area contributed by atoms with Crippen molar-refractivity contribution in [2.45, 2.75) is 19.8 Å². The van der Waals surface area contributed by atoms with Gasteiger partial charge in [0.2, 0.25) is 0 Å². The maximum Gasteiger partial charge on any atom is 0.339 e. The lowest BCUT2D eigenvalue weighted by Gasteiger charge is -2.10. The smallest absolute Gasteiger partial charge is 0.339 e. The minimum absolute atomic E-state index is 0.0915. The molecule has 0 spiro atoms. The highest BCUT2D eigenvalue weighted by atomic mass is 35.5. The first-order chi connectivity index (χ1) is 8.56. The van der Waals surface area contributed by atoms with Gasteiger partial charge in [-0.05, 0) is 18.6 Å². The Morgan fingerprint density at radius 2 is 2.11 bits per heavy atom. The van der Waals surface area contributed by atoms with E-state index < -0.39 is 12.0 Å². The molecule has 1 rings (SSSR count). The summed E-state index contributed by atoms with van der Waals surface area (Å²) in [5, 5.41) is 14.2. The second kappa shape index (κ2) is 6.86. The second-order valence-corrected chi connectivity index (χ2v) is 4.11. The first kappa shape index (κ1) is 14.3. The Labute approximate surface area is 110 Å². The molecule has 0 saturated heterocycles. The highest BCUT2D eigenvalue weighted by Crippen LogP contribution is 2.24. The number of benzene rings is 1. The van der Waals surface area contributed by atoms with E-state index in [9.17, 15) is 9.59 Å². The highest BCUT2D eigenvalue weighted by Gasteiger charge is 2.15. The van der Waals surface area contributed by atoms with E-state index in [-0.39, 0.29) is 16.3 Å². The van der Waals surface area contributed by atoms with Crippen LogP contribution < -0.4 is 10.6 Å². The second-order valence-electron chi connectivity index (χ2n) is 3.70. The summed E-state index contributed by atoms with van der Waals surface area (Å²) in [7, 11) is 0. The Hall–Kier alpha value is -1.75. The monoisotopic (exact) mass is 270 g/mol. The van der Waals surface area contributed by atoms with E-state index in [2.05, 4.69) is 10.6 Å². The minimum Gasteiger partial charge on any atom is -0.478 e. The van der Waals surface area contributed by atoms with Gasteiger partial charge in [-0.25, -0.2) is 9.59 Å². The fourth-order valence-corrected chi connectivity index (χ4v) is 1.65. The summed E-state index contributed by atoms with van der Waals surface area (Å²) in [5.74, 6) is -1.18. The molecule has 98 valence electrons. The lowest BCUT2D eigenvalue weighted by molar-refractivity contribution is 0.0698. The molecule has 0 bridgehead atoms. The average Bonchev–Trinajstić information content (AvgIpc) is 2.28. The predicted octanol–water partition coefficient (Wildman–Crippen LogP) is 2.96. The molecule has 1 aromatic rings. The number of unbranched alkanes of at least 4 members (excludes halogenated alkanes) is 1. The number of carbonyl (C=O) groups excluding carboxylic acids is 1. The van der Waals surface area contributed by atoms with E-state index in [0.29, 0.717) is 6.54 Å². The number of nitrogens with one attached hydrogen (secondary N) is 2. The van der Waals surface area contributed by atoms with Gasteiger partial charge in [0, 0.05) is 6.54 Å². The molecule has 0 aliphatic carbocycles. The summed E-state index contributed by atoms with van der Waals surface area (Å²) in [6.07, 6.45) is 1.84. The molecule has 1 aromatic carbocycles. The number of carboxylic acid groups (broad SMARTS) is 1. The van der Waals surface area contributed by atoms with Crippen molar-refractivity contribution < 1.29 is 14.7 Å². The van der Waals surface area contributed by atoms with Crippen molar-refractivity contribution in [3.8, 4) is 0 Å².